The lowest BCUT2D eigenvalue weighted by Gasteiger charge is -2.43. The lowest BCUT2D eigenvalue weighted by Crippen LogP contribution is -2.50. The molecule has 0 aromatic heterocycles. The molecular formula is C27H36N2O3. The fourth-order valence-electron chi connectivity index (χ4n) is 4.37. The average molecular weight is 437 g/mol. The Balaban J connectivity index is 1.72. The van der Waals surface area contributed by atoms with Gasteiger partial charge in [-0.25, -0.2) is 0 Å². The Labute approximate surface area is 192 Å². The third-order valence-corrected chi connectivity index (χ3v) is 6.26. The van der Waals surface area contributed by atoms with Gasteiger partial charge in [0.25, 0.3) is 0 Å². The van der Waals surface area contributed by atoms with E-state index < -0.39 is 0 Å². The molecule has 0 bridgehead atoms. The summed E-state index contributed by atoms with van der Waals surface area (Å²) in [5.74, 6) is 1.08. The Bertz CT molecular complexity index is 856. The van der Waals surface area contributed by atoms with Crippen LogP contribution in [0.5, 0.6) is 5.75 Å². The van der Waals surface area contributed by atoms with Gasteiger partial charge in [0.05, 0.1) is 6.61 Å². The maximum absolute atomic E-state index is 13.2. The van der Waals surface area contributed by atoms with Crippen molar-refractivity contribution in [1.82, 2.24) is 9.80 Å². The molecule has 32 heavy (non-hydrogen) atoms. The zero-order valence-electron chi connectivity index (χ0n) is 19.5. The van der Waals surface area contributed by atoms with Gasteiger partial charge in [-0.05, 0) is 37.0 Å². The number of amides is 2. The van der Waals surface area contributed by atoms with E-state index in [0.717, 1.165) is 43.5 Å². The maximum atomic E-state index is 13.2. The van der Waals surface area contributed by atoms with E-state index in [4.69, 9.17) is 4.74 Å². The molecule has 1 aliphatic rings. The Morgan fingerprint density at radius 1 is 1.06 bits per heavy atom. The van der Waals surface area contributed by atoms with Crippen LogP contribution in [0.15, 0.2) is 60.7 Å². The first-order valence-electron chi connectivity index (χ1n) is 11.7. The van der Waals surface area contributed by atoms with Crippen molar-refractivity contribution in [3.05, 3.63) is 66.2 Å². The van der Waals surface area contributed by atoms with Gasteiger partial charge in [0.1, 0.15) is 5.75 Å². The van der Waals surface area contributed by atoms with Crippen molar-refractivity contribution in [3.63, 3.8) is 0 Å². The monoisotopic (exact) mass is 436 g/mol. The van der Waals surface area contributed by atoms with E-state index in [1.165, 1.54) is 0 Å². The highest BCUT2D eigenvalue weighted by atomic mass is 16.5. The fraction of sp³-hybridized carbons (Fsp3) is 0.481. The Kier molecular flexibility index (Phi) is 8.72. The number of carbonyl (C=O) groups is 2. The minimum absolute atomic E-state index is 0.0911. The highest BCUT2D eigenvalue weighted by molar-refractivity contribution is 5.78. The fourth-order valence-corrected chi connectivity index (χ4v) is 4.37. The summed E-state index contributed by atoms with van der Waals surface area (Å²) in [5, 5.41) is 0. The first kappa shape index (κ1) is 23.8. The Morgan fingerprint density at radius 3 is 2.44 bits per heavy atom. The molecule has 1 fully saturated rings. The zero-order valence-corrected chi connectivity index (χ0v) is 19.5. The van der Waals surface area contributed by atoms with Gasteiger partial charge in [-0.15, -0.1) is 0 Å². The Morgan fingerprint density at radius 2 is 1.75 bits per heavy atom. The standard InChI is InChI=1S/C27H36N2O3/c1-3-4-16-25(30)29-18-11-17-27(21-29,22-32-24-14-9-6-10-15-24)19-26(31)28(2)20-23-12-7-5-8-13-23/h5-10,12-15H,3-4,11,16-22H2,1-2H3. The highest BCUT2D eigenvalue weighted by Crippen LogP contribution is 2.35. The summed E-state index contributed by atoms with van der Waals surface area (Å²) in [6.07, 6.45) is 4.63. The van der Waals surface area contributed by atoms with Crippen molar-refractivity contribution in [2.75, 3.05) is 26.7 Å². The molecule has 1 atom stereocenters. The van der Waals surface area contributed by atoms with Crippen LogP contribution in [0.2, 0.25) is 0 Å². The number of benzene rings is 2. The van der Waals surface area contributed by atoms with Crippen LogP contribution in [0, 0.1) is 5.41 Å². The summed E-state index contributed by atoms with van der Waals surface area (Å²) < 4.78 is 6.15. The molecule has 1 unspecified atom stereocenters. The molecule has 0 aliphatic carbocycles. The van der Waals surface area contributed by atoms with E-state index in [1.807, 2.05) is 72.6 Å². The van der Waals surface area contributed by atoms with Crippen molar-refractivity contribution < 1.29 is 14.3 Å². The van der Waals surface area contributed by atoms with Gasteiger partial charge < -0.3 is 14.5 Å². The first-order chi connectivity index (χ1) is 15.5. The van der Waals surface area contributed by atoms with Crippen LogP contribution in [0.4, 0.5) is 0 Å². The quantitative estimate of drug-likeness (QED) is 0.532. The number of likely N-dealkylation sites (tertiary alicyclic amines) is 1. The van der Waals surface area contributed by atoms with Gasteiger partial charge in [-0.3, -0.25) is 9.59 Å². The molecule has 5 heteroatoms. The van der Waals surface area contributed by atoms with E-state index in [1.54, 1.807) is 4.90 Å². The molecule has 0 radical (unpaired) electrons. The number of para-hydroxylation sites is 1. The second-order valence-corrected chi connectivity index (χ2v) is 9.04. The van der Waals surface area contributed by atoms with Gasteiger partial charge in [-0.2, -0.15) is 0 Å². The summed E-state index contributed by atoms with van der Waals surface area (Å²) in [6, 6.07) is 19.7. The lowest BCUT2D eigenvalue weighted by atomic mass is 9.77. The van der Waals surface area contributed by atoms with Crippen molar-refractivity contribution in [1.29, 1.82) is 0 Å². The predicted molar refractivity (Wildman–Crippen MR) is 127 cm³/mol. The zero-order chi connectivity index (χ0) is 22.8. The molecule has 2 aromatic carbocycles. The molecule has 2 aromatic rings. The largest absolute Gasteiger partial charge is 0.493 e. The number of unbranched alkanes of at least 4 members (excludes halogenated alkanes) is 1. The summed E-state index contributed by atoms with van der Waals surface area (Å²) in [6.45, 7) is 4.45. The molecule has 0 saturated carbocycles. The summed E-state index contributed by atoms with van der Waals surface area (Å²) >= 11 is 0. The SMILES string of the molecule is CCCCC(=O)N1CCCC(COc2ccccc2)(CC(=O)N(C)Cc2ccccc2)C1. The third kappa shape index (κ3) is 6.84. The van der Waals surface area contributed by atoms with E-state index in [9.17, 15) is 9.59 Å². The maximum Gasteiger partial charge on any atom is 0.223 e. The molecule has 0 N–H and O–H groups in total. The number of nitrogens with zero attached hydrogens (tertiary/aromatic N) is 2. The number of rotatable bonds is 10. The van der Waals surface area contributed by atoms with Crippen molar-refractivity contribution in [3.8, 4) is 5.75 Å². The van der Waals surface area contributed by atoms with Crippen LogP contribution in [0.3, 0.4) is 0 Å². The summed E-state index contributed by atoms with van der Waals surface area (Å²) in [5.41, 5.74) is 0.732. The molecule has 3 rings (SSSR count). The van der Waals surface area contributed by atoms with Crippen molar-refractivity contribution in [2.24, 2.45) is 5.41 Å². The van der Waals surface area contributed by atoms with Gasteiger partial charge in [-0.1, -0.05) is 61.9 Å². The van der Waals surface area contributed by atoms with Crippen LogP contribution in [-0.4, -0.2) is 48.4 Å². The van der Waals surface area contributed by atoms with Crippen molar-refractivity contribution in [2.45, 2.75) is 52.0 Å². The third-order valence-electron chi connectivity index (χ3n) is 6.26. The smallest absolute Gasteiger partial charge is 0.223 e. The number of ether oxygens (including phenoxy) is 1. The second-order valence-electron chi connectivity index (χ2n) is 9.04. The molecule has 1 saturated heterocycles. The normalized spacial score (nSPS) is 18.2. The Hall–Kier alpha value is -2.82. The minimum Gasteiger partial charge on any atom is -0.493 e. The topological polar surface area (TPSA) is 49.9 Å². The number of carbonyl (C=O) groups excluding carboxylic acids is 2. The second kappa shape index (κ2) is 11.7. The molecule has 5 nitrogen and oxygen atoms in total. The van der Waals surface area contributed by atoms with Gasteiger partial charge in [0, 0.05) is 44.9 Å². The van der Waals surface area contributed by atoms with E-state index in [-0.39, 0.29) is 17.2 Å². The number of piperidine rings is 1. The minimum atomic E-state index is -0.377. The molecule has 2 amide bonds. The van der Waals surface area contributed by atoms with Gasteiger partial charge in [0.15, 0.2) is 0 Å². The van der Waals surface area contributed by atoms with E-state index >= 15 is 0 Å². The number of hydrogen-bond acceptors (Lipinski definition) is 3. The van der Waals surface area contributed by atoms with Crippen LogP contribution in [0.1, 0.15) is 51.0 Å². The number of hydrogen-bond donors (Lipinski definition) is 0. The average Bonchev–Trinajstić information content (AvgIpc) is 2.82. The van der Waals surface area contributed by atoms with Crippen molar-refractivity contribution >= 4 is 11.8 Å². The molecule has 1 aliphatic heterocycles. The van der Waals surface area contributed by atoms with Gasteiger partial charge >= 0.3 is 0 Å². The van der Waals surface area contributed by atoms with Crippen LogP contribution >= 0.6 is 0 Å². The van der Waals surface area contributed by atoms with E-state index in [2.05, 4.69) is 6.92 Å². The van der Waals surface area contributed by atoms with Crippen LogP contribution in [-0.2, 0) is 16.1 Å². The first-order valence-corrected chi connectivity index (χ1v) is 11.7. The highest BCUT2D eigenvalue weighted by Gasteiger charge is 2.40. The van der Waals surface area contributed by atoms with E-state index in [0.29, 0.717) is 32.5 Å². The van der Waals surface area contributed by atoms with Gasteiger partial charge in [0.2, 0.25) is 11.8 Å². The molecule has 0 spiro atoms. The predicted octanol–water partition coefficient (Wildman–Crippen LogP) is 4.91. The van der Waals surface area contributed by atoms with Crippen LogP contribution < -0.4 is 4.74 Å². The lowest BCUT2D eigenvalue weighted by molar-refractivity contribution is -0.141. The summed E-state index contributed by atoms with van der Waals surface area (Å²) in [4.78, 5) is 29.8. The molecule has 1 heterocycles. The summed E-state index contributed by atoms with van der Waals surface area (Å²) in [7, 11) is 1.86. The molecular weight excluding hydrogens is 400 g/mol. The van der Waals surface area contributed by atoms with Crippen LogP contribution in [0.25, 0.3) is 0 Å². The molecule has 172 valence electrons.